The van der Waals surface area contributed by atoms with E-state index in [2.05, 4.69) is 10.5 Å². The minimum absolute atomic E-state index is 0.131. The minimum Gasteiger partial charge on any atom is -0.361 e. The summed E-state index contributed by atoms with van der Waals surface area (Å²) in [6, 6.07) is 16.4. The highest BCUT2D eigenvalue weighted by atomic mass is 16.5. The summed E-state index contributed by atoms with van der Waals surface area (Å²) in [5, 5.41) is 7.21. The summed E-state index contributed by atoms with van der Waals surface area (Å²) < 4.78 is 5.29. The van der Waals surface area contributed by atoms with Crippen molar-refractivity contribution in [3.8, 4) is 0 Å². The van der Waals surface area contributed by atoms with Crippen LogP contribution in [0.1, 0.15) is 71.1 Å². The normalized spacial score (nSPS) is 15.1. The molecule has 1 N–H and O–H groups in total. The highest BCUT2D eigenvalue weighted by molar-refractivity contribution is 6.11. The van der Waals surface area contributed by atoms with Crippen LogP contribution in [0, 0.1) is 20.8 Å². The molecule has 0 bridgehead atoms. The largest absolute Gasteiger partial charge is 0.361 e. The number of rotatable bonds is 6. The Morgan fingerprint density at radius 1 is 0.970 bits per heavy atom. The quantitative estimate of drug-likeness (QED) is 0.548. The van der Waals surface area contributed by atoms with Gasteiger partial charge < -0.3 is 9.84 Å². The van der Waals surface area contributed by atoms with Crippen molar-refractivity contribution in [2.75, 3.05) is 4.90 Å². The van der Waals surface area contributed by atoms with E-state index >= 15 is 0 Å². The minimum atomic E-state index is -0.823. The molecule has 6 nitrogen and oxygen atoms in total. The van der Waals surface area contributed by atoms with E-state index in [1.165, 1.54) is 6.42 Å². The van der Waals surface area contributed by atoms with Gasteiger partial charge in [0.25, 0.3) is 5.91 Å². The van der Waals surface area contributed by atoms with Crippen LogP contribution < -0.4 is 10.2 Å². The number of para-hydroxylation sites is 1. The molecule has 0 spiro atoms. The zero-order chi connectivity index (χ0) is 23.4. The Balaban J connectivity index is 1.81. The molecule has 4 rings (SSSR count). The molecule has 33 heavy (non-hydrogen) atoms. The van der Waals surface area contributed by atoms with Crippen LogP contribution in [0.25, 0.3) is 0 Å². The molecule has 172 valence electrons. The van der Waals surface area contributed by atoms with Crippen molar-refractivity contribution in [3.63, 3.8) is 0 Å². The van der Waals surface area contributed by atoms with E-state index in [0.29, 0.717) is 22.7 Å². The molecule has 1 fully saturated rings. The SMILES string of the molecule is Cc1ccc(C(C(=O)NC2CCCCC2)N(C(=O)c2c(C)noc2C)c2ccccc2)cc1. The summed E-state index contributed by atoms with van der Waals surface area (Å²) in [7, 11) is 0. The summed E-state index contributed by atoms with van der Waals surface area (Å²) in [5.74, 6) is -0.0367. The number of nitrogens with one attached hydrogen (secondary N) is 1. The van der Waals surface area contributed by atoms with Crippen molar-refractivity contribution in [1.29, 1.82) is 0 Å². The molecule has 0 radical (unpaired) electrons. The van der Waals surface area contributed by atoms with Gasteiger partial charge in [-0.1, -0.05) is 72.4 Å². The van der Waals surface area contributed by atoms with Gasteiger partial charge >= 0.3 is 0 Å². The molecule has 1 unspecified atom stereocenters. The van der Waals surface area contributed by atoms with Gasteiger partial charge in [-0.05, 0) is 51.3 Å². The van der Waals surface area contributed by atoms with Gasteiger partial charge in [0.15, 0.2) is 0 Å². The third-order valence-corrected chi connectivity index (χ3v) is 6.35. The van der Waals surface area contributed by atoms with Crippen molar-refractivity contribution >= 4 is 17.5 Å². The maximum atomic E-state index is 14.0. The molecule has 2 amide bonds. The fourth-order valence-corrected chi connectivity index (χ4v) is 4.57. The van der Waals surface area contributed by atoms with Crippen molar-refractivity contribution in [3.05, 3.63) is 82.7 Å². The molecule has 3 aromatic rings. The lowest BCUT2D eigenvalue weighted by atomic mass is 9.94. The highest BCUT2D eigenvalue weighted by Gasteiger charge is 2.36. The zero-order valence-electron chi connectivity index (χ0n) is 19.5. The van der Waals surface area contributed by atoms with Crippen LogP contribution in [0.5, 0.6) is 0 Å². The van der Waals surface area contributed by atoms with Crippen LogP contribution in [0.3, 0.4) is 0 Å². The molecule has 0 aliphatic heterocycles. The first-order chi connectivity index (χ1) is 16.0. The molecule has 0 saturated heterocycles. The lowest BCUT2D eigenvalue weighted by molar-refractivity contribution is -0.123. The monoisotopic (exact) mass is 445 g/mol. The molecule has 1 saturated carbocycles. The summed E-state index contributed by atoms with van der Waals surface area (Å²) in [4.78, 5) is 29.4. The fourth-order valence-electron chi connectivity index (χ4n) is 4.57. The summed E-state index contributed by atoms with van der Waals surface area (Å²) in [5.41, 5.74) is 3.40. The van der Waals surface area contributed by atoms with Crippen LogP contribution in [0.2, 0.25) is 0 Å². The first kappa shape index (κ1) is 22.8. The van der Waals surface area contributed by atoms with Crippen molar-refractivity contribution in [2.45, 2.75) is 65.0 Å². The summed E-state index contributed by atoms with van der Waals surface area (Å²) >= 11 is 0. The Kier molecular flexibility index (Phi) is 6.92. The van der Waals surface area contributed by atoms with E-state index in [0.717, 1.165) is 36.8 Å². The summed E-state index contributed by atoms with van der Waals surface area (Å²) in [6.07, 6.45) is 5.36. The molecule has 1 aliphatic carbocycles. The molecular weight excluding hydrogens is 414 g/mol. The number of benzene rings is 2. The van der Waals surface area contributed by atoms with E-state index in [4.69, 9.17) is 4.52 Å². The predicted molar refractivity (Wildman–Crippen MR) is 128 cm³/mol. The Labute approximate surface area is 195 Å². The molecule has 6 heteroatoms. The Morgan fingerprint density at radius 3 is 2.24 bits per heavy atom. The lowest BCUT2D eigenvalue weighted by Gasteiger charge is -2.33. The first-order valence-electron chi connectivity index (χ1n) is 11.6. The number of hydrogen-bond donors (Lipinski definition) is 1. The topological polar surface area (TPSA) is 75.4 Å². The number of carbonyl (C=O) groups is 2. The van der Waals surface area contributed by atoms with Gasteiger partial charge in [-0.2, -0.15) is 0 Å². The number of aryl methyl sites for hydroxylation is 3. The molecular formula is C27H31N3O3. The maximum absolute atomic E-state index is 14.0. The first-order valence-corrected chi connectivity index (χ1v) is 11.6. The van der Waals surface area contributed by atoms with E-state index < -0.39 is 6.04 Å². The average Bonchev–Trinajstić information content (AvgIpc) is 3.16. The van der Waals surface area contributed by atoms with Crippen LogP contribution in [-0.2, 0) is 4.79 Å². The van der Waals surface area contributed by atoms with Crippen LogP contribution in [-0.4, -0.2) is 23.0 Å². The lowest BCUT2D eigenvalue weighted by Crippen LogP contribution is -2.47. The van der Waals surface area contributed by atoms with Gasteiger partial charge in [-0.3, -0.25) is 14.5 Å². The van der Waals surface area contributed by atoms with Gasteiger partial charge in [0.05, 0.1) is 5.69 Å². The second-order valence-corrected chi connectivity index (χ2v) is 8.87. The molecule has 1 aromatic heterocycles. The maximum Gasteiger partial charge on any atom is 0.264 e. The second-order valence-electron chi connectivity index (χ2n) is 8.87. The average molecular weight is 446 g/mol. The number of hydrogen-bond acceptors (Lipinski definition) is 4. The van der Waals surface area contributed by atoms with Gasteiger partial charge in [0, 0.05) is 11.7 Å². The molecule has 1 atom stereocenters. The van der Waals surface area contributed by atoms with E-state index in [1.807, 2.05) is 61.5 Å². The van der Waals surface area contributed by atoms with Gasteiger partial charge in [0.1, 0.15) is 17.4 Å². The standard InChI is InChI=1S/C27H31N3O3/c1-18-14-16-21(17-15-18)25(26(31)28-22-10-6-4-7-11-22)30(23-12-8-5-9-13-23)27(32)24-19(2)29-33-20(24)3/h5,8-9,12-17,22,25H,4,6-7,10-11H2,1-3H3,(H,28,31). The molecule has 2 aromatic carbocycles. The Hall–Kier alpha value is -3.41. The predicted octanol–water partition coefficient (Wildman–Crippen LogP) is 5.44. The van der Waals surface area contributed by atoms with Gasteiger partial charge in [-0.25, -0.2) is 0 Å². The Bertz CT molecular complexity index is 1080. The third kappa shape index (κ3) is 5.00. The number of nitrogens with zero attached hydrogens (tertiary/aromatic N) is 2. The van der Waals surface area contributed by atoms with E-state index in [-0.39, 0.29) is 17.9 Å². The number of aromatic nitrogens is 1. The van der Waals surface area contributed by atoms with Crippen molar-refractivity contribution < 1.29 is 14.1 Å². The molecule has 1 heterocycles. The number of amides is 2. The van der Waals surface area contributed by atoms with Gasteiger partial charge in [0.2, 0.25) is 5.91 Å². The van der Waals surface area contributed by atoms with Crippen LogP contribution in [0.15, 0.2) is 59.1 Å². The highest BCUT2D eigenvalue weighted by Crippen LogP contribution is 2.32. The third-order valence-electron chi connectivity index (χ3n) is 6.35. The zero-order valence-corrected chi connectivity index (χ0v) is 19.5. The van der Waals surface area contributed by atoms with Crippen LogP contribution >= 0.6 is 0 Å². The van der Waals surface area contributed by atoms with Crippen LogP contribution in [0.4, 0.5) is 5.69 Å². The second kappa shape index (κ2) is 10.0. The smallest absolute Gasteiger partial charge is 0.264 e. The number of carbonyl (C=O) groups excluding carboxylic acids is 2. The van der Waals surface area contributed by atoms with E-state index in [9.17, 15) is 9.59 Å². The van der Waals surface area contributed by atoms with Crippen molar-refractivity contribution in [1.82, 2.24) is 10.5 Å². The van der Waals surface area contributed by atoms with Gasteiger partial charge in [-0.15, -0.1) is 0 Å². The molecule has 1 aliphatic rings. The van der Waals surface area contributed by atoms with Crippen molar-refractivity contribution in [2.24, 2.45) is 0 Å². The summed E-state index contributed by atoms with van der Waals surface area (Å²) in [6.45, 7) is 5.47. The Morgan fingerprint density at radius 2 is 1.64 bits per heavy atom. The number of anilines is 1. The van der Waals surface area contributed by atoms with E-state index in [1.54, 1.807) is 18.7 Å². The fraction of sp³-hybridized carbons (Fsp3) is 0.370.